The van der Waals surface area contributed by atoms with E-state index >= 15 is 0 Å². The fraction of sp³-hybridized carbons (Fsp3) is 0.381. The van der Waals surface area contributed by atoms with Gasteiger partial charge in [-0.3, -0.25) is 4.57 Å². The lowest BCUT2D eigenvalue weighted by Crippen LogP contribution is -2.15. The Morgan fingerprint density at radius 2 is 1.48 bits per heavy atom. The summed E-state index contributed by atoms with van der Waals surface area (Å²) >= 11 is 0. The molecule has 0 saturated heterocycles. The van der Waals surface area contributed by atoms with E-state index in [2.05, 4.69) is 59.9 Å². The van der Waals surface area contributed by atoms with Gasteiger partial charge in [-0.15, -0.1) is 0 Å². The van der Waals surface area contributed by atoms with E-state index < -0.39 is 7.60 Å². The molecule has 0 unspecified atom stereocenters. The molecular weight excluding hydrogens is 359 g/mol. The van der Waals surface area contributed by atoms with Gasteiger partial charge in [0.1, 0.15) is 0 Å². The molecule has 0 aliphatic carbocycles. The van der Waals surface area contributed by atoms with Crippen molar-refractivity contribution in [2.24, 2.45) is 0 Å². The first-order chi connectivity index (χ1) is 13.0. The number of nitrogens with one attached hydrogen (secondary N) is 1. The Hall–Kier alpha value is -1.96. The van der Waals surface area contributed by atoms with Crippen LogP contribution in [0.1, 0.15) is 36.8 Å². The van der Waals surface area contributed by atoms with Crippen molar-refractivity contribution in [3.05, 3.63) is 59.7 Å². The van der Waals surface area contributed by atoms with E-state index in [1.807, 2.05) is 0 Å². The minimum Gasteiger partial charge on any atom is -0.324 e. The van der Waals surface area contributed by atoms with Crippen LogP contribution in [0.15, 0.2) is 48.5 Å². The summed E-state index contributed by atoms with van der Waals surface area (Å²) in [5.41, 5.74) is 4.78. The molecule has 2 rings (SSSR count). The minimum atomic E-state index is -3.88. The SMILES string of the molecule is N#CCCCCc1ccc(-c2ccc(CNCCCP(=O)(O)O)cc2)cc1. The van der Waals surface area contributed by atoms with Gasteiger partial charge in [0, 0.05) is 13.0 Å². The maximum Gasteiger partial charge on any atom is 0.325 e. The molecule has 27 heavy (non-hydrogen) atoms. The highest BCUT2D eigenvalue weighted by atomic mass is 31.2. The second-order valence-electron chi connectivity index (χ2n) is 6.68. The van der Waals surface area contributed by atoms with Crippen molar-refractivity contribution in [2.75, 3.05) is 12.7 Å². The lowest BCUT2D eigenvalue weighted by molar-refractivity contribution is 0.371. The zero-order valence-corrected chi connectivity index (χ0v) is 16.4. The summed E-state index contributed by atoms with van der Waals surface area (Å²) < 4.78 is 10.8. The van der Waals surface area contributed by atoms with Crippen LogP contribution in [0.25, 0.3) is 11.1 Å². The van der Waals surface area contributed by atoms with Gasteiger partial charge in [-0.2, -0.15) is 5.26 Å². The van der Waals surface area contributed by atoms with E-state index in [1.165, 1.54) is 11.1 Å². The number of hydrogen-bond donors (Lipinski definition) is 3. The maximum absolute atomic E-state index is 10.8. The van der Waals surface area contributed by atoms with Gasteiger partial charge in [0.2, 0.25) is 0 Å². The highest BCUT2D eigenvalue weighted by Crippen LogP contribution is 2.34. The molecule has 6 heteroatoms. The van der Waals surface area contributed by atoms with Crippen LogP contribution in [0.2, 0.25) is 0 Å². The number of aryl methyl sites for hydroxylation is 1. The predicted octanol–water partition coefficient (Wildman–Crippen LogP) is 4.25. The number of hydrogen-bond acceptors (Lipinski definition) is 3. The molecule has 0 aromatic heterocycles. The van der Waals surface area contributed by atoms with Gasteiger partial charge >= 0.3 is 7.60 Å². The van der Waals surface area contributed by atoms with Gasteiger partial charge in [0.25, 0.3) is 0 Å². The zero-order valence-electron chi connectivity index (χ0n) is 15.5. The Kier molecular flexibility index (Phi) is 8.71. The third-order valence-corrected chi connectivity index (χ3v) is 5.28. The van der Waals surface area contributed by atoms with E-state index in [4.69, 9.17) is 15.0 Å². The van der Waals surface area contributed by atoms with Crippen LogP contribution < -0.4 is 5.32 Å². The molecule has 144 valence electrons. The quantitative estimate of drug-likeness (QED) is 0.397. The van der Waals surface area contributed by atoms with Crippen molar-refractivity contribution in [1.29, 1.82) is 5.26 Å². The average Bonchev–Trinajstić information content (AvgIpc) is 2.65. The first kappa shape index (κ1) is 21.3. The molecule has 0 amide bonds. The summed E-state index contributed by atoms with van der Waals surface area (Å²) in [5.74, 6) is 0. The molecule has 0 aliphatic rings. The molecule has 0 spiro atoms. The molecule has 5 nitrogen and oxygen atoms in total. The molecule has 0 atom stereocenters. The first-order valence-electron chi connectivity index (χ1n) is 9.28. The van der Waals surface area contributed by atoms with Gasteiger partial charge in [0.05, 0.1) is 12.2 Å². The summed E-state index contributed by atoms with van der Waals surface area (Å²) in [6.07, 6.45) is 4.02. The Balaban J connectivity index is 1.79. The molecule has 2 aromatic carbocycles. The van der Waals surface area contributed by atoms with E-state index in [-0.39, 0.29) is 6.16 Å². The van der Waals surface area contributed by atoms with Crippen LogP contribution in [0.3, 0.4) is 0 Å². The second-order valence-corrected chi connectivity index (χ2v) is 8.45. The fourth-order valence-corrected chi connectivity index (χ4v) is 3.42. The van der Waals surface area contributed by atoms with Crippen LogP contribution in [0.4, 0.5) is 0 Å². The smallest absolute Gasteiger partial charge is 0.324 e. The standard InChI is InChI=1S/C21H27N2O3P/c22-14-3-1-2-5-18-6-10-20(11-7-18)21-12-8-19(9-13-21)17-23-15-4-16-27(24,25)26/h6-13,23H,1-5,15-17H2,(H2,24,25,26). The van der Waals surface area contributed by atoms with Crippen molar-refractivity contribution in [3.8, 4) is 17.2 Å². The van der Waals surface area contributed by atoms with Crippen molar-refractivity contribution in [2.45, 2.75) is 38.6 Å². The number of nitrogens with zero attached hydrogens (tertiary/aromatic N) is 1. The van der Waals surface area contributed by atoms with E-state index in [9.17, 15) is 4.57 Å². The molecule has 0 fully saturated rings. The van der Waals surface area contributed by atoms with Crippen LogP contribution in [-0.4, -0.2) is 22.5 Å². The summed E-state index contributed by atoms with van der Waals surface area (Å²) in [6.45, 7) is 1.27. The predicted molar refractivity (Wildman–Crippen MR) is 108 cm³/mol. The van der Waals surface area contributed by atoms with Crippen LogP contribution in [0.5, 0.6) is 0 Å². The van der Waals surface area contributed by atoms with Gasteiger partial charge < -0.3 is 15.1 Å². The third-order valence-electron chi connectivity index (χ3n) is 4.38. The fourth-order valence-electron chi connectivity index (χ4n) is 2.85. The summed E-state index contributed by atoms with van der Waals surface area (Å²) in [6, 6.07) is 19.1. The minimum absolute atomic E-state index is 0.0761. The first-order valence-corrected chi connectivity index (χ1v) is 11.1. The Morgan fingerprint density at radius 3 is 2.04 bits per heavy atom. The molecule has 2 aromatic rings. The van der Waals surface area contributed by atoms with Gasteiger partial charge in [-0.05, 0) is 54.5 Å². The van der Waals surface area contributed by atoms with Crippen LogP contribution >= 0.6 is 7.60 Å². The Morgan fingerprint density at radius 1 is 0.889 bits per heavy atom. The van der Waals surface area contributed by atoms with Crippen molar-refractivity contribution in [1.82, 2.24) is 5.32 Å². The molecule has 0 saturated carbocycles. The van der Waals surface area contributed by atoms with Crippen molar-refractivity contribution >= 4 is 7.60 Å². The van der Waals surface area contributed by atoms with E-state index in [1.54, 1.807) is 0 Å². The number of benzene rings is 2. The van der Waals surface area contributed by atoms with Crippen LogP contribution in [0, 0.1) is 11.3 Å². The highest BCUT2D eigenvalue weighted by molar-refractivity contribution is 7.51. The maximum atomic E-state index is 10.8. The largest absolute Gasteiger partial charge is 0.325 e. The Bertz CT molecular complexity index is 777. The molecular formula is C21H27N2O3P. The third kappa shape index (κ3) is 8.51. The monoisotopic (exact) mass is 386 g/mol. The van der Waals surface area contributed by atoms with Crippen molar-refractivity contribution < 1.29 is 14.4 Å². The second kappa shape index (κ2) is 11.0. The lowest BCUT2D eigenvalue weighted by atomic mass is 10.0. The number of nitriles is 1. The number of rotatable bonds is 11. The summed E-state index contributed by atoms with van der Waals surface area (Å²) in [5, 5.41) is 11.8. The average molecular weight is 386 g/mol. The number of unbranched alkanes of at least 4 members (excludes halogenated alkanes) is 2. The normalized spacial score (nSPS) is 11.3. The lowest BCUT2D eigenvalue weighted by Gasteiger charge is -2.08. The van der Waals surface area contributed by atoms with E-state index in [0.29, 0.717) is 25.9 Å². The molecule has 0 radical (unpaired) electrons. The summed E-state index contributed by atoms with van der Waals surface area (Å²) in [4.78, 5) is 17.7. The van der Waals surface area contributed by atoms with Crippen LogP contribution in [-0.2, 0) is 17.5 Å². The van der Waals surface area contributed by atoms with Gasteiger partial charge in [-0.25, -0.2) is 0 Å². The molecule has 0 heterocycles. The Labute approximate surface area is 161 Å². The molecule has 0 aliphatic heterocycles. The van der Waals surface area contributed by atoms with Gasteiger partial charge in [0.15, 0.2) is 0 Å². The van der Waals surface area contributed by atoms with Crippen molar-refractivity contribution in [3.63, 3.8) is 0 Å². The highest BCUT2D eigenvalue weighted by Gasteiger charge is 2.10. The van der Waals surface area contributed by atoms with E-state index in [0.717, 1.165) is 30.4 Å². The molecule has 3 N–H and O–H groups in total. The zero-order chi connectivity index (χ0) is 19.5. The topological polar surface area (TPSA) is 93.4 Å². The molecule has 0 bridgehead atoms. The summed E-state index contributed by atoms with van der Waals surface area (Å²) in [7, 11) is -3.88. The van der Waals surface area contributed by atoms with Gasteiger partial charge in [-0.1, -0.05) is 48.5 Å².